The Morgan fingerprint density at radius 2 is 1.74 bits per heavy atom. The number of aryl methyl sites for hydroxylation is 2. The van der Waals surface area contributed by atoms with Crippen LogP contribution in [0.25, 0.3) is 0 Å². The molecule has 0 aliphatic rings. The number of aromatic nitrogens is 2. The lowest BCUT2D eigenvalue weighted by Gasteiger charge is -2.20. The molecule has 7 nitrogen and oxygen atoms in total. The Kier molecular flexibility index (Phi) is 6.61. The van der Waals surface area contributed by atoms with E-state index in [2.05, 4.69) is 20.0 Å². The van der Waals surface area contributed by atoms with Gasteiger partial charge in [-0.1, -0.05) is 17.8 Å². The predicted molar refractivity (Wildman–Crippen MR) is 107 cm³/mol. The third kappa shape index (κ3) is 6.93. The lowest BCUT2D eigenvalue weighted by molar-refractivity contribution is -0.113. The first-order valence-corrected chi connectivity index (χ1v) is 10.8. The van der Waals surface area contributed by atoms with Crippen LogP contribution in [0, 0.1) is 13.8 Å². The Bertz CT molecular complexity index is 918. The van der Waals surface area contributed by atoms with Crippen molar-refractivity contribution >= 4 is 33.4 Å². The zero-order valence-corrected chi connectivity index (χ0v) is 17.7. The van der Waals surface area contributed by atoms with Gasteiger partial charge in [0.2, 0.25) is 15.9 Å². The molecule has 0 aliphatic heterocycles. The number of thioether (sulfide) groups is 1. The van der Waals surface area contributed by atoms with E-state index in [0.29, 0.717) is 10.8 Å². The maximum atomic E-state index is 12.4. The number of carbonyl (C=O) groups excluding carboxylic acids is 1. The van der Waals surface area contributed by atoms with E-state index in [-0.39, 0.29) is 16.6 Å². The van der Waals surface area contributed by atoms with Crippen molar-refractivity contribution in [1.82, 2.24) is 14.7 Å². The highest BCUT2D eigenvalue weighted by Crippen LogP contribution is 2.19. The van der Waals surface area contributed by atoms with Crippen molar-refractivity contribution in [2.45, 2.75) is 50.2 Å². The van der Waals surface area contributed by atoms with Crippen LogP contribution < -0.4 is 10.0 Å². The molecule has 0 aliphatic carbocycles. The van der Waals surface area contributed by atoms with Gasteiger partial charge in [0.15, 0.2) is 5.16 Å². The fourth-order valence-electron chi connectivity index (χ4n) is 2.29. The van der Waals surface area contributed by atoms with Crippen LogP contribution >= 0.6 is 11.8 Å². The molecule has 2 rings (SSSR count). The smallest absolute Gasteiger partial charge is 0.241 e. The van der Waals surface area contributed by atoms with Gasteiger partial charge in [0.05, 0.1) is 10.6 Å². The molecule has 9 heteroatoms. The molecule has 0 unspecified atom stereocenters. The van der Waals surface area contributed by atoms with Gasteiger partial charge in [-0.05, 0) is 58.9 Å². The minimum Gasteiger partial charge on any atom is -0.325 e. The molecule has 0 fully saturated rings. The van der Waals surface area contributed by atoms with E-state index in [1.54, 1.807) is 32.9 Å². The summed E-state index contributed by atoms with van der Waals surface area (Å²) in [6.07, 6.45) is 0. The highest BCUT2D eigenvalue weighted by atomic mass is 32.2. The number of sulfonamides is 1. The third-order valence-corrected chi connectivity index (χ3v) is 5.77. The van der Waals surface area contributed by atoms with Crippen molar-refractivity contribution in [2.75, 3.05) is 11.1 Å². The van der Waals surface area contributed by atoms with Crippen LogP contribution in [0.15, 0.2) is 40.4 Å². The van der Waals surface area contributed by atoms with E-state index >= 15 is 0 Å². The van der Waals surface area contributed by atoms with E-state index in [1.165, 1.54) is 23.9 Å². The van der Waals surface area contributed by atoms with Gasteiger partial charge in [0.1, 0.15) is 0 Å². The lowest BCUT2D eigenvalue weighted by Crippen LogP contribution is -2.40. The van der Waals surface area contributed by atoms with Crippen LogP contribution in [0.2, 0.25) is 0 Å². The van der Waals surface area contributed by atoms with E-state index in [9.17, 15) is 13.2 Å². The summed E-state index contributed by atoms with van der Waals surface area (Å²) in [5.74, 6) is -0.138. The summed E-state index contributed by atoms with van der Waals surface area (Å²) < 4.78 is 27.4. The summed E-state index contributed by atoms with van der Waals surface area (Å²) in [5.41, 5.74) is 1.50. The second kappa shape index (κ2) is 8.37. The first kappa shape index (κ1) is 21.3. The van der Waals surface area contributed by atoms with Gasteiger partial charge in [-0.15, -0.1) is 0 Å². The van der Waals surface area contributed by atoms with Gasteiger partial charge in [-0.2, -0.15) is 0 Å². The molecule has 1 aromatic carbocycles. The highest BCUT2D eigenvalue weighted by molar-refractivity contribution is 7.99. The molecule has 27 heavy (non-hydrogen) atoms. The Labute approximate surface area is 164 Å². The summed E-state index contributed by atoms with van der Waals surface area (Å²) in [4.78, 5) is 20.8. The van der Waals surface area contributed by atoms with E-state index < -0.39 is 15.6 Å². The van der Waals surface area contributed by atoms with Gasteiger partial charge >= 0.3 is 0 Å². The molecule has 2 N–H and O–H groups in total. The average Bonchev–Trinajstić information content (AvgIpc) is 2.50. The fourth-order valence-corrected chi connectivity index (χ4v) is 4.50. The molecule has 0 saturated heterocycles. The topological polar surface area (TPSA) is 101 Å². The molecule has 2 aromatic rings. The lowest BCUT2D eigenvalue weighted by atomic mass is 10.1. The Balaban J connectivity index is 2.04. The van der Waals surface area contributed by atoms with Gasteiger partial charge in [0.25, 0.3) is 0 Å². The van der Waals surface area contributed by atoms with Crippen molar-refractivity contribution in [1.29, 1.82) is 0 Å². The number of anilines is 1. The number of nitrogens with zero attached hydrogens (tertiary/aromatic N) is 2. The third-order valence-electron chi connectivity index (χ3n) is 3.16. The van der Waals surface area contributed by atoms with Gasteiger partial charge in [0, 0.05) is 22.6 Å². The maximum absolute atomic E-state index is 12.4. The number of carbonyl (C=O) groups is 1. The second-order valence-corrected chi connectivity index (χ2v) is 9.78. The molecule has 0 spiro atoms. The first-order valence-electron chi connectivity index (χ1n) is 8.34. The van der Waals surface area contributed by atoms with Crippen molar-refractivity contribution in [3.8, 4) is 0 Å². The first-order chi connectivity index (χ1) is 12.4. The quantitative estimate of drug-likeness (QED) is 0.563. The minimum atomic E-state index is -3.67. The van der Waals surface area contributed by atoms with Crippen LogP contribution in [0.5, 0.6) is 0 Å². The minimum absolute atomic E-state index is 0.0977. The molecule has 0 saturated carbocycles. The number of benzene rings is 1. The average molecular weight is 409 g/mol. The van der Waals surface area contributed by atoms with Crippen molar-refractivity contribution in [2.24, 2.45) is 0 Å². The zero-order valence-electron chi connectivity index (χ0n) is 16.0. The Morgan fingerprint density at radius 1 is 1.11 bits per heavy atom. The summed E-state index contributed by atoms with van der Waals surface area (Å²) in [6, 6.07) is 8.02. The Morgan fingerprint density at radius 3 is 2.33 bits per heavy atom. The summed E-state index contributed by atoms with van der Waals surface area (Å²) in [7, 11) is -3.67. The van der Waals surface area contributed by atoms with Crippen LogP contribution in [0.3, 0.4) is 0 Å². The number of amides is 1. The molecular formula is C18H24N4O3S2. The molecule has 1 aromatic heterocycles. The van der Waals surface area contributed by atoms with Crippen LogP contribution in [0.4, 0.5) is 5.69 Å². The number of hydrogen-bond donors (Lipinski definition) is 2. The number of rotatable bonds is 6. The largest absolute Gasteiger partial charge is 0.325 e. The molecule has 1 amide bonds. The molecule has 0 atom stereocenters. The number of nitrogens with one attached hydrogen (secondary N) is 2. The second-order valence-electron chi connectivity index (χ2n) is 7.15. The van der Waals surface area contributed by atoms with E-state index in [1.807, 2.05) is 19.9 Å². The summed E-state index contributed by atoms with van der Waals surface area (Å²) in [5, 5.41) is 3.24. The van der Waals surface area contributed by atoms with Gasteiger partial charge < -0.3 is 5.32 Å². The summed E-state index contributed by atoms with van der Waals surface area (Å²) in [6.45, 7) is 9.04. The molecule has 0 radical (unpaired) electrons. The fraction of sp³-hybridized carbons (Fsp3) is 0.389. The summed E-state index contributed by atoms with van der Waals surface area (Å²) >= 11 is 1.23. The van der Waals surface area contributed by atoms with Crippen molar-refractivity contribution in [3.63, 3.8) is 0 Å². The zero-order chi connectivity index (χ0) is 20.2. The molecule has 146 valence electrons. The number of hydrogen-bond acceptors (Lipinski definition) is 6. The molecule has 0 bridgehead atoms. The van der Waals surface area contributed by atoms with Crippen LogP contribution in [-0.4, -0.2) is 35.6 Å². The van der Waals surface area contributed by atoms with E-state index in [0.717, 1.165) is 11.4 Å². The van der Waals surface area contributed by atoms with Crippen LogP contribution in [0.1, 0.15) is 32.2 Å². The van der Waals surface area contributed by atoms with E-state index in [4.69, 9.17) is 0 Å². The maximum Gasteiger partial charge on any atom is 0.241 e. The predicted octanol–water partition coefficient (Wildman–Crippen LogP) is 2.90. The van der Waals surface area contributed by atoms with Crippen LogP contribution in [-0.2, 0) is 14.8 Å². The van der Waals surface area contributed by atoms with Gasteiger partial charge in [-0.3, -0.25) is 4.79 Å². The normalized spacial score (nSPS) is 12.0. The monoisotopic (exact) mass is 408 g/mol. The molecule has 1 heterocycles. The van der Waals surface area contributed by atoms with Crippen molar-refractivity contribution in [3.05, 3.63) is 41.7 Å². The van der Waals surface area contributed by atoms with Gasteiger partial charge in [-0.25, -0.2) is 23.1 Å². The SMILES string of the molecule is Cc1cc(C)nc(SCC(=O)Nc2cccc(S(=O)(=O)NC(C)(C)C)c2)n1. The Hall–Kier alpha value is -1.97. The standard InChI is InChI=1S/C18H24N4O3S2/c1-12-9-13(2)20-17(19-12)26-11-16(23)21-14-7-6-8-15(10-14)27(24,25)22-18(3,4)5/h6-10,22H,11H2,1-5H3,(H,21,23). The van der Waals surface area contributed by atoms with Crippen molar-refractivity contribution < 1.29 is 13.2 Å². The molecular weight excluding hydrogens is 384 g/mol. The highest BCUT2D eigenvalue weighted by Gasteiger charge is 2.22.